The fourth-order valence-corrected chi connectivity index (χ4v) is 2.65. The maximum absolute atomic E-state index is 4.15. The van der Waals surface area contributed by atoms with E-state index in [9.17, 15) is 0 Å². The van der Waals surface area contributed by atoms with E-state index in [1.807, 2.05) is 18.3 Å². The summed E-state index contributed by atoms with van der Waals surface area (Å²) in [5, 5.41) is 3.58. The summed E-state index contributed by atoms with van der Waals surface area (Å²) in [5.41, 5.74) is 2.48. The molecule has 0 bridgehead atoms. The summed E-state index contributed by atoms with van der Waals surface area (Å²) in [4.78, 5) is 4.15. The zero-order valence-electron chi connectivity index (χ0n) is 10.6. The molecule has 3 heteroatoms. The minimum absolute atomic E-state index is 0.279. The van der Waals surface area contributed by atoms with E-state index in [4.69, 9.17) is 0 Å². The van der Waals surface area contributed by atoms with E-state index in [0.29, 0.717) is 0 Å². The number of pyridine rings is 1. The van der Waals surface area contributed by atoms with Gasteiger partial charge in [-0.15, -0.1) is 0 Å². The van der Waals surface area contributed by atoms with Gasteiger partial charge in [0, 0.05) is 29.0 Å². The number of aromatic nitrogens is 1. The van der Waals surface area contributed by atoms with Crippen molar-refractivity contribution in [2.75, 3.05) is 0 Å². The van der Waals surface area contributed by atoms with Gasteiger partial charge in [-0.25, -0.2) is 0 Å². The average molecular weight is 305 g/mol. The SMILES string of the molecule is CC(N[C@@H](C)c1cccnc1)c1ccccc1Br. The second kappa shape index (κ2) is 6.12. The first kappa shape index (κ1) is 13.2. The molecule has 0 radical (unpaired) electrons. The Hall–Kier alpha value is -1.19. The third kappa shape index (κ3) is 3.18. The molecular weight excluding hydrogens is 288 g/mol. The van der Waals surface area contributed by atoms with Crippen LogP contribution in [0.2, 0.25) is 0 Å². The van der Waals surface area contributed by atoms with Crippen LogP contribution in [0.5, 0.6) is 0 Å². The molecule has 0 amide bonds. The van der Waals surface area contributed by atoms with Gasteiger partial charge in [-0.2, -0.15) is 0 Å². The monoisotopic (exact) mass is 304 g/mol. The quantitative estimate of drug-likeness (QED) is 0.913. The lowest BCUT2D eigenvalue weighted by Crippen LogP contribution is -2.22. The fraction of sp³-hybridized carbons (Fsp3) is 0.267. The standard InChI is InChI=1S/C15H17BrN2/c1-11(13-6-5-9-17-10-13)18-12(2)14-7-3-4-8-15(14)16/h3-12,18H,1-2H3/t11-,12?/m0/s1. The molecule has 2 rings (SSSR count). The van der Waals surface area contributed by atoms with Gasteiger partial charge in [0.05, 0.1) is 0 Å². The average Bonchev–Trinajstić information content (AvgIpc) is 2.40. The Morgan fingerprint density at radius 1 is 1.06 bits per heavy atom. The van der Waals surface area contributed by atoms with Crippen LogP contribution in [0.3, 0.4) is 0 Å². The van der Waals surface area contributed by atoms with Crippen molar-refractivity contribution in [1.82, 2.24) is 10.3 Å². The number of benzene rings is 1. The zero-order valence-corrected chi connectivity index (χ0v) is 12.2. The lowest BCUT2D eigenvalue weighted by molar-refractivity contribution is 0.492. The molecule has 0 saturated carbocycles. The Labute approximate surface area is 117 Å². The van der Waals surface area contributed by atoms with Crippen molar-refractivity contribution < 1.29 is 0 Å². The number of halogens is 1. The van der Waals surface area contributed by atoms with Crippen LogP contribution < -0.4 is 5.32 Å². The van der Waals surface area contributed by atoms with Crippen LogP contribution in [0.4, 0.5) is 0 Å². The summed E-state index contributed by atoms with van der Waals surface area (Å²) >= 11 is 3.59. The minimum Gasteiger partial charge on any atom is -0.304 e. The van der Waals surface area contributed by atoms with Gasteiger partial charge < -0.3 is 5.32 Å². The van der Waals surface area contributed by atoms with Crippen molar-refractivity contribution in [1.29, 1.82) is 0 Å². The Kier molecular flexibility index (Phi) is 4.50. The van der Waals surface area contributed by atoms with E-state index in [2.05, 4.69) is 64.3 Å². The molecule has 2 nitrogen and oxygen atoms in total. The highest BCUT2D eigenvalue weighted by molar-refractivity contribution is 9.10. The van der Waals surface area contributed by atoms with Gasteiger partial charge in [0.2, 0.25) is 0 Å². The van der Waals surface area contributed by atoms with Crippen LogP contribution >= 0.6 is 15.9 Å². The van der Waals surface area contributed by atoms with Crippen molar-refractivity contribution in [2.24, 2.45) is 0 Å². The first-order chi connectivity index (χ1) is 8.68. The number of nitrogens with zero attached hydrogens (tertiary/aromatic N) is 1. The lowest BCUT2D eigenvalue weighted by Gasteiger charge is -2.21. The van der Waals surface area contributed by atoms with Crippen LogP contribution in [-0.2, 0) is 0 Å². The molecule has 0 saturated heterocycles. The Bertz CT molecular complexity index is 499. The van der Waals surface area contributed by atoms with Crippen LogP contribution in [0.1, 0.15) is 37.1 Å². The van der Waals surface area contributed by atoms with Crippen molar-refractivity contribution in [2.45, 2.75) is 25.9 Å². The molecule has 1 N–H and O–H groups in total. The third-order valence-corrected chi connectivity index (χ3v) is 3.78. The maximum atomic E-state index is 4.15. The van der Waals surface area contributed by atoms with Gasteiger partial charge in [0.1, 0.15) is 0 Å². The summed E-state index contributed by atoms with van der Waals surface area (Å²) in [6.07, 6.45) is 3.71. The van der Waals surface area contributed by atoms with Gasteiger partial charge in [-0.05, 0) is 37.1 Å². The molecule has 1 aromatic heterocycles. The largest absolute Gasteiger partial charge is 0.304 e. The van der Waals surface area contributed by atoms with Crippen LogP contribution in [0, 0.1) is 0 Å². The number of nitrogens with one attached hydrogen (secondary N) is 1. The zero-order chi connectivity index (χ0) is 13.0. The molecule has 1 unspecified atom stereocenters. The topological polar surface area (TPSA) is 24.9 Å². The van der Waals surface area contributed by atoms with Crippen LogP contribution in [-0.4, -0.2) is 4.98 Å². The second-order valence-electron chi connectivity index (χ2n) is 4.42. The molecule has 0 spiro atoms. The highest BCUT2D eigenvalue weighted by Gasteiger charge is 2.12. The molecule has 0 aliphatic rings. The molecule has 18 heavy (non-hydrogen) atoms. The van der Waals surface area contributed by atoms with Crippen LogP contribution in [0.25, 0.3) is 0 Å². The summed E-state index contributed by atoms with van der Waals surface area (Å²) < 4.78 is 1.14. The minimum atomic E-state index is 0.279. The fourth-order valence-electron chi connectivity index (χ4n) is 2.02. The second-order valence-corrected chi connectivity index (χ2v) is 5.27. The third-order valence-electron chi connectivity index (χ3n) is 3.06. The predicted molar refractivity (Wildman–Crippen MR) is 78.3 cm³/mol. The first-order valence-corrected chi connectivity index (χ1v) is 6.88. The highest BCUT2D eigenvalue weighted by atomic mass is 79.9. The first-order valence-electron chi connectivity index (χ1n) is 6.09. The van der Waals surface area contributed by atoms with E-state index in [1.54, 1.807) is 6.20 Å². The Morgan fingerprint density at radius 3 is 2.50 bits per heavy atom. The van der Waals surface area contributed by atoms with Gasteiger partial charge in [0.25, 0.3) is 0 Å². The van der Waals surface area contributed by atoms with Crippen molar-refractivity contribution in [3.05, 3.63) is 64.4 Å². The van der Waals surface area contributed by atoms with E-state index in [-0.39, 0.29) is 12.1 Å². The molecule has 2 atom stereocenters. The van der Waals surface area contributed by atoms with E-state index >= 15 is 0 Å². The summed E-state index contributed by atoms with van der Waals surface area (Å²) in [6.45, 7) is 4.33. The molecule has 1 aromatic carbocycles. The molecule has 0 fully saturated rings. The van der Waals surface area contributed by atoms with E-state index in [1.165, 1.54) is 11.1 Å². The summed E-state index contributed by atoms with van der Waals surface area (Å²) in [5.74, 6) is 0. The van der Waals surface area contributed by atoms with Gasteiger partial charge in [-0.1, -0.05) is 40.2 Å². The van der Waals surface area contributed by atoms with Crippen molar-refractivity contribution >= 4 is 15.9 Å². The summed E-state index contributed by atoms with van der Waals surface area (Å²) in [6, 6.07) is 12.9. The Balaban J connectivity index is 2.08. The molecule has 0 aliphatic heterocycles. The number of rotatable bonds is 4. The highest BCUT2D eigenvalue weighted by Crippen LogP contribution is 2.25. The van der Waals surface area contributed by atoms with Crippen molar-refractivity contribution in [3.8, 4) is 0 Å². The molecule has 94 valence electrons. The number of hydrogen-bond acceptors (Lipinski definition) is 2. The molecule has 1 heterocycles. The number of hydrogen-bond donors (Lipinski definition) is 1. The van der Waals surface area contributed by atoms with Gasteiger partial charge in [0.15, 0.2) is 0 Å². The van der Waals surface area contributed by atoms with E-state index < -0.39 is 0 Å². The smallest absolute Gasteiger partial charge is 0.0315 e. The maximum Gasteiger partial charge on any atom is 0.0315 e. The predicted octanol–water partition coefficient (Wildman–Crippen LogP) is 4.26. The van der Waals surface area contributed by atoms with Crippen molar-refractivity contribution in [3.63, 3.8) is 0 Å². The Morgan fingerprint density at radius 2 is 1.83 bits per heavy atom. The van der Waals surface area contributed by atoms with E-state index in [0.717, 1.165) is 4.47 Å². The van der Waals surface area contributed by atoms with Crippen LogP contribution in [0.15, 0.2) is 53.3 Å². The molecular formula is C15H17BrN2. The molecule has 2 aromatic rings. The lowest BCUT2D eigenvalue weighted by atomic mass is 10.1. The van der Waals surface area contributed by atoms with Gasteiger partial charge >= 0.3 is 0 Å². The normalized spacial score (nSPS) is 14.2. The molecule has 0 aliphatic carbocycles. The van der Waals surface area contributed by atoms with Gasteiger partial charge in [-0.3, -0.25) is 4.98 Å². The summed E-state index contributed by atoms with van der Waals surface area (Å²) in [7, 11) is 0.